The molecule has 3 aliphatic heterocycles. The summed E-state index contributed by atoms with van der Waals surface area (Å²) in [6.07, 6.45) is 14.2. The van der Waals surface area contributed by atoms with Gasteiger partial charge in [-0.2, -0.15) is 0 Å². The number of nitrogens with zero attached hydrogens (tertiary/aromatic N) is 2. The molecule has 3 saturated heterocycles. The first-order chi connectivity index (χ1) is 12.0. The lowest BCUT2D eigenvalue weighted by molar-refractivity contribution is -0.00724. The number of fused-ring (bicyclic) bond motifs is 2. The Labute approximate surface area is 156 Å². The van der Waals surface area contributed by atoms with Crippen molar-refractivity contribution in [2.75, 3.05) is 13.6 Å². The SMILES string of the molecule is CC1CC(CC2CCCC3CC(C)CC(C)N23)=C2CCCN(C)C2C1. The topological polar surface area (TPSA) is 6.48 Å². The van der Waals surface area contributed by atoms with Gasteiger partial charge >= 0.3 is 0 Å². The molecule has 1 aliphatic carbocycles. The van der Waals surface area contributed by atoms with Crippen molar-refractivity contribution in [1.29, 1.82) is 0 Å². The van der Waals surface area contributed by atoms with Crippen LogP contribution in [0.2, 0.25) is 0 Å². The van der Waals surface area contributed by atoms with E-state index < -0.39 is 0 Å². The van der Waals surface area contributed by atoms with Crippen LogP contribution in [0.1, 0.15) is 85.0 Å². The van der Waals surface area contributed by atoms with E-state index >= 15 is 0 Å². The largest absolute Gasteiger partial charge is 0.300 e. The van der Waals surface area contributed by atoms with Crippen LogP contribution < -0.4 is 0 Å². The first-order valence-corrected chi connectivity index (χ1v) is 11.2. The van der Waals surface area contributed by atoms with Crippen LogP contribution in [-0.2, 0) is 0 Å². The highest BCUT2D eigenvalue weighted by Crippen LogP contribution is 2.43. The summed E-state index contributed by atoms with van der Waals surface area (Å²) < 4.78 is 0. The summed E-state index contributed by atoms with van der Waals surface area (Å²) in [5, 5.41) is 0. The highest BCUT2D eigenvalue weighted by atomic mass is 15.2. The summed E-state index contributed by atoms with van der Waals surface area (Å²) in [7, 11) is 2.37. The highest BCUT2D eigenvalue weighted by molar-refractivity contribution is 5.26. The Morgan fingerprint density at radius 2 is 1.80 bits per heavy atom. The van der Waals surface area contributed by atoms with Gasteiger partial charge < -0.3 is 0 Å². The third-order valence-electron chi connectivity index (χ3n) is 7.89. The van der Waals surface area contributed by atoms with Crippen molar-refractivity contribution < 1.29 is 0 Å². The molecule has 0 aromatic heterocycles. The fraction of sp³-hybridized carbons (Fsp3) is 0.913. The lowest BCUT2D eigenvalue weighted by Crippen LogP contribution is -2.55. The molecule has 25 heavy (non-hydrogen) atoms. The zero-order chi connectivity index (χ0) is 17.6. The van der Waals surface area contributed by atoms with E-state index in [1.807, 2.05) is 11.1 Å². The predicted molar refractivity (Wildman–Crippen MR) is 107 cm³/mol. The second kappa shape index (κ2) is 7.35. The minimum Gasteiger partial charge on any atom is -0.300 e. The Morgan fingerprint density at radius 3 is 2.64 bits per heavy atom. The molecule has 3 fully saturated rings. The van der Waals surface area contributed by atoms with Crippen LogP contribution in [0.5, 0.6) is 0 Å². The Balaban J connectivity index is 1.55. The molecular weight excluding hydrogens is 304 g/mol. The molecule has 2 heteroatoms. The van der Waals surface area contributed by atoms with Crippen molar-refractivity contribution in [1.82, 2.24) is 9.80 Å². The van der Waals surface area contributed by atoms with Crippen LogP contribution in [0.25, 0.3) is 0 Å². The quantitative estimate of drug-likeness (QED) is 0.632. The van der Waals surface area contributed by atoms with Crippen LogP contribution in [-0.4, -0.2) is 47.6 Å². The van der Waals surface area contributed by atoms with E-state index in [9.17, 15) is 0 Å². The third kappa shape index (κ3) is 3.58. The summed E-state index contributed by atoms with van der Waals surface area (Å²) in [6, 6.07) is 3.29. The summed E-state index contributed by atoms with van der Waals surface area (Å²) in [5.41, 5.74) is 3.75. The molecular formula is C23H40N2. The van der Waals surface area contributed by atoms with E-state index in [2.05, 4.69) is 37.6 Å². The van der Waals surface area contributed by atoms with Gasteiger partial charge in [0.1, 0.15) is 0 Å². The molecule has 0 aromatic carbocycles. The Bertz CT molecular complexity index is 510. The molecule has 0 saturated carbocycles. The monoisotopic (exact) mass is 344 g/mol. The van der Waals surface area contributed by atoms with E-state index in [-0.39, 0.29) is 0 Å². The van der Waals surface area contributed by atoms with Crippen LogP contribution in [0, 0.1) is 11.8 Å². The lowest BCUT2D eigenvalue weighted by Gasteiger charge is -2.51. The molecule has 4 rings (SSSR count). The van der Waals surface area contributed by atoms with Crippen LogP contribution >= 0.6 is 0 Å². The number of piperidine rings is 3. The second-order valence-corrected chi connectivity index (χ2v) is 10.1. The van der Waals surface area contributed by atoms with Gasteiger partial charge in [0.15, 0.2) is 0 Å². The van der Waals surface area contributed by atoms with Crippen LogP contribution in [0.4, 0.5) is 0 Å². The fourth-order valence-corrected chi connectivity index (χ4v) is 6.97. The second-order valence-electron chi connectivity index (χ2n) is 10.1. The molecule has 142 valence electrons. The highest BCUT2D eigenvalue weighted by Gasteiger charge is 2.40. The summed E-state index contributed by atoms with van der Waals surface area (Å²) >= 11 is 0. The molecule has 6 atom stereocenters. The predicted octanol–water partition coefficient (Wildman–Crippen LogP) is 5.24. The van der Waals surface area contributed by atoms with E-state index in [0.29, 0.717) is 0 Å². The smallest absolute Gasteiger partial charge is 0.0309 e. The van der Waals surface area contributed by atoms with Gasteiger partial charge in [-0.1, -0.05) is 31.4 Å². The average molecular weight is 345 g/mol. The van der Waals surface area contributed by atoms with Gasteiger partial charge in [-0.15, -0.1) is 0 Å². The van der Waals surface area contributed by atoms with E-state index in [1.54, 1.807) is 0 Å². The van der Waals surface area contributed by atoms with Gasteiger partial charge in [0, 0.05) is 24.2 Å². The van der Waals surface area contributed by atoms with Crippen LogP contribution in [0.3, 0.4) is 0 Å². The van der Waals surface area contributed by atoms with Gasteiger partial charge in [0.2, 0.25) is 0 Å². The van der Waals surface area contributed by atoms with Crippen molar-refractivity contribution in [2.45, 2.75) is 109 Å². The van der Waals surface area contributed by atoms with Crippen molar-refractivity contribution in [2.24, 2.45) is 11.8 Å². The number of hydrogen-bond donors (Lipinski definition) is 0. The van der Waals surface area contributed by atoms with Crippen LogP contribution in [0.15, 0.2) is 11.1 Å². The number of likely N-dealkylation sites (N-methyl/N-ethyl adjacent to an activating group) is 1. The Kier molecular flexibility index (Phi) is 5.30. The van der Waals surface area contributed by atoms with E-state index in [4.69, 9.17) is 0 Å². The van der Waals surface area contributed by atoms with Crippen molar-refractivity contribution in [3.8, 4) is 0 Å². The maximum absolute atomic E-state index is 2.98. The Morgan fingerprint density at radius 1 is 0.960 bits per heavy atom. The maximum atomic E-state index is 2.98. The summed E-state index contributed by atoms with van der Waals surface area (Å²) in [5.74, 6) is 1.81. The lowest BCUT2D eigenvalue weighted by atomic mass is 9.74. The van der Waals surface area contributed by atoms with E-state index in [1.165, 1.54) is 70.8 Å². The molecule has 0 N–H and O–H groups in total. The number of hydrogen-bond acceptors (Lipinski definition) is 2. The van der Waals surface area contributed by atoms with E-state index in [0.717, 1.165) is 36.0 Å². The van der Waals surface area contributed by atoms with Crippen molar-refractivity contribution in [3.05, 3.63) is 11.1 Å². The standard InChI is InChI=1S/C23H40N2/c1-16-11-18(3)25-20(13-16)7-5-8-21(25)15-19-12-17(2)14-23-22(19)9-6-10-24(23)4/h16-18,20-21,23H,5-15H2,1-4H3. The molecule has 4 aliphatic rings. The first kappa shape index (κ1) is 18.0. The number of likely N-dealkylation sites (tertiary alicyclic amines) is 1. The average Bonchev–Trinajstić information content (AvgIpc) is 2.55. The molecule has 0 amide bonds. The molecule has 0 bridgehead atoms. The number of rotatable bonds is 2. The first-order valence-electron chi connectivity index (χ1n) is 11.2. The minimum atomic E-state index is 0.769. The van der Waals surface area contributed by atoms with Gasteiger partial charge in [0.05, 0.1) is 0 Å². The molecule has 6 unspecified atom stereocenters. The molecule has 0 aromatic rings. The molecule has 0 radical (unpaired) electrons. The molecule has 2 nitrogen and oxygen atoms in total. The molecule has 3 heterocycles. The zero-order valence-corrected chi connectivity index (χ0v) is 17.1. The van der Waals surface area contributed by atoms with Crippen molar-refractivity contribution >= 4 is 0 Å². The maximum Gasteiger partial charge on any atom is 0.0309 e. The van der Waals surface area contributed by atoms with Gasteiger partial charge in [-0.25, -0.2) is 0 Å². The zero-order valence-electron chi connectivity index (χ0n) is 17.1. The molecule has 0 spiro atoms. The fourth-order valence-electron chi connectivity index (χ4n) is 6.97. The summed E-state index contributed by atoms with van der Waals surface area (Å²) in [6.45, 7) is 8.79. The minimum absolute atomic E-state index is 0.769. The normalized spacial score (nSPS) is 43.7. The van der Waals surface area contributed by atoms with Crippen molar-refractivity contribution in [3.63, 3.8) is 0 Å². The van der Waals surface area contributed by atoms with Gasteiger partial charge in [-0.05, 0) is 90.1 Å². The third-order valence-corrected chi connectivity index (χ3v) is 7.89. The van der Waals surface area contributed by atoms with Gasteiger partial charge in [-0.3, -0.25) is 9.80 Å². The van der Waals surface area contributed by atoms with Gasteiger partial charge in [0.25, 0.3) is 0 Å². The Hall–Kier alpha value is -0.340. The summed E-state index contributed by atoms with van der Waals surface area (Å²) in [4.78, 5) is 5.64.